The Morgan fingerprint density at radius 2 is 1.71 bits per heavy atom. The van der Waals surface area contributed by atoms with E-state index in [0.29, 0.717) is 24.3 Å². The van der Waals surface area contributed by atoms with Gasteiger partial charge < -0.3 is 10.1 Å². The van der Waals surface area contributed by atoms with Gasteiger partial charge in [-0.15, -0.1) is 0 Å². The summed E-state index contributed by atoms with van der Waals surface area (Å²) in [6.45, 7) is 4.63. The van der Waals surface area contributed by atoms with Crippen molar-refractivity contribution in [1.82, 2.24) is 4.31 Å². The van der Waals surface area contributed by atoms with Crippen molar-refractivity contribution in [1.29, 1.82) is 0 Å². The molecule has 0 radical (unpaired) electrons. The molecular weight excluding hydrogens is 416 g/mol. The maximum atomic E-state index is 13.2. The second-order valence-electron chi connectivity index (χ2n) is 7.52. The van der Waals surface area contributed by atoms with E-state index in [1.54, 1.807) is 50.2 Å². The molecule has 0 unspecified atom stereocenters. The third-order valence-electron chi connectivity index (χ3n) is 5.30. The average Bonchev–Trinajstić information content (AvgIpc) is 3.04. The zero-order chi connectivity index (χ0) is 22.4. The van der Waals surface area contributed by atoms with Gasteiger partial charge in [-0.3, -0.25) is 4.79 Å². The van der Waals surface area contributed by atoms with Gasteiger partial charge in [-0.2, -0.15) is 4.31 Å². The summed E-state index contributed by atoms with van der Waals surface area (Å²) >= 11 is 0. The number of carbonyl (C=O) groups is 2. The molecular formula is C23H28N2O5S. The molecule has 1 fully saturated rings. The van der Waals surface area contributed by atoms with Gasteiger partial charge in [0, 0.05) is 18.7 Å². The maximum Gasteiger partial charge on any atom is 0.340 e. The van der Waals surface area contributed by atoms with Gasteiger partial charge in [0.05, 0.1) is 22.8 Å². The number of ether oxygens (including phenoxy) is 1. The van der Waals surface area contributed by atoms with Gasteiger partial charge in [0.15, 0.2) is 0 Å². The Morgan fingerprint density at radius 1 is 1.03 bits per heavy atom. The van der Waals surface area contributed by atoms with E-state index in [2.05, 4.69) is 5.32 Å². The van der Waals surface area contributed by atoms with Crippen LogP contribution in [0.2, 0.25) is 0 Å². The minimum absolute atomic E-state index is 0.140. The third-order valence-corrected chi connectivity index (χ3v) is 7.34. The zero-order valence-electron chi connectivity index (χ0n) is 17.9. The molecule has 1 aliphatic heterocycles. The molecule has 0 aliphatic carbocycles. The first-order valence-corrected chi connectivity index (χ1v) is 12.0. The minimum atomic E-state index is -3.69. The van der Waals surface area contributed by atoms with Gasteiger partial charge in [0.1, 0.15) is 0 Å². The molecule has 1 heterocycles. The standard InChI is InChI=1S/C23H28N2O5S/c1-3-30-23(27)19-10-6-7-11-20(19)24-22(26)18-13-12-17(2)21(16-18)31(28,29)25-14-8-4-5-9-15-25/h6-7,10-13,16H,3-5,8-9,14-15H2,1-2H3,(H,24,26). The molecule has 3 rings (SSSR count). The Kier molecular flexibility index (Phi) is 7.46. The summed E-state index contributed by atoms with van der Waals surface area (Å²) in [5.41, 5.74) is 1.34. The van der Waals surface area contributed by atoms with E-state index >= 15 is 0 Å². The number of amides is 1. The lowest BCUT2D eigenvalue weighted by molar-refractivity contribution is 0.0527. The van der Waals surface area contributed by atoms with Crippen molar-refractivity contribution < 1.29 is 22.7 Å². The van der Waals surface area contributed by atoms with Gasteiger partial charge in [-0.05, 0) is 56.5 Å². The second-order valence-corrected chi connectivity index (χ2v) is 9.43. The number of sulfonamides is 1. The first-order valence-electron chi connectivity index (χ1n) is 10.5. The summed E-state index contributed by atoms with van der Waals surface area (Å²) in [4.78, 5) is 25.2. The third kappa shape index (κ3) is 5.32. The van der Waals surface area contributed by atoms with E-state index in [1.807, 2.05) is 0 Å². The number of nitrogens with one attached hydrogen (secondary N) is 1. The van der Waals surface area contributed by atoms with Crippen LogP contribution in [-0.2, 0) is 14.8 Å². The van der Waals surface area contributed by atoms with Crippen LogP contribution in [0.25, 0.3) is 0 Å². The number of anilines is 1. The summed E-state index contributed by atoms with van der Waals surface area (Å²) in [6.07, 6.45) is 3.72. The number of nitrogens with zero attached hydrogens (tertiary/aromatic N) is 1. The predicted molar refractivity (Wildman–Crippen MR) is 119 cm³/mol. The quantitative estimate of drug-likeness (QED) is 0.680. The highest BCUT2D eigenvalue weighted by Crippen LogP contribution is 2.25. The number of aryl methyl sites for hydroxylation is 1. The molecule has 2 aromatic carbocycles. The van der Waals surface area contributed by atoms with Crippen molar-refractivity contribution in [2.75, 3.05) is 25.0 Å². The van der Waals surface area contributed by atoms with Crippen molar-refractivity contribution >= 4 is 27.6 Å². The first kappa shape index (κ1) is 23.0. The molecule has 0 spiro atoms. The molecule has 1 N–H and O–H groups in total. The Morgan fingerprint density at radius 3 is 2.39 bits per heavy atom. The Balaban J connectivity index is 1.88. The number of carbonyl (C=O) groups excluding carboxylic acids is 2. The summed E-state index contributed by atoms with van der Waals surface area (Å²) in [6, 6.07) is 11.2. The fourth-order valence-corrected chi connectivity index (χ4v) is 5.38. The number of para-hydroxylation sites is 1. The van der Waals surface area contributed by atoms with Gasteiger partial charge in [0.25, 0.3) is 5.91 Å². The number of rotatable bonds is 6. The van der Waals surface area contributed by atoms with Crippen LogP contribution in [0.15, 0.2) is 47.4 Å². The Hall–Kier alpha value is -2.71. The average molecular weight is 445 g/mol. The van der Waals surface area contributed by atoms with Gasteiger partial charge in [-0.1, -0.05) is 31.0 Å². The lowest BCUT2D eigenvalue weighted by Crippen LogP contribution is -2.32. The predicted octanol–water partition coefficient (Wildman–Crippen LogP) is 3.99. The first-order chi connectivity index (χ1) is 14.8. The molecule has 0 atom stereocenters. The normalized spacial score (nSPS) is 15.2. The van der Waals surface area contributed by atoms with Crippen molar-refractivity contribution in [3.05, 3.63) is 59.2 Å². The highest BCUT2D eigenvalue weighted by atomic mass is 32.2. The summed E-state index contributed by atoms with van der Waals surface area (Å²) in [7, 11) is -3.69. The highest BCUT2D eigenvalue weighted by Gasteiger charge is 2.27. The number of esters is 1. The largest absolute Gasteiger partial charge is 0.462 e. The molecule has 1 aliphatic rings. The van der Waals surface area contributed by atoms with Crippen molar-refractivity contribution in [2.24, 2.45) is 0 Å². The van der Waals surface area contributed by atoms with Crippen LogP contribution in [0.5, 0.6) is 0 Å². The van der Waals surface area contributed by atoms with Crippen molar-refractivity contribution in [3.8, 4) is 0 Å². The van der Waals surface area contributed by atoms with Gasteiger partial charge >= 0.3 is 5.97 Å². The monoisotopic (exact) mass is 444 g/mol. The molecule has 2 aromatic rings. The zero-order valence-corrected chi connectivity index (χ0v) is 18.7. The number of hydrogen-bond acceptors (Lipinski definition) is 5. The van der Waals surface area contributed by atoms with Crippen LogP contribution < -0.4 is 5.32 Å². The molecule has 1 saturated heterocycles. The van der Waals surface area contributed by atoms with E-state index in [9.17, 15) is 18.0 Å². The van der Waals surface area contributed by atoms with E-state index in [0.717, 1.165) is 25.7 Å². The number of benzene rings is 2. The lowest BCUT2D eigenvalue weighted by Gasteiger charge is -2.21. The molecule has 0 saturated carbocycles. The van der Waals surface area contributed by atoms with Crippen LogP contribution >= 0.6 is 0 Å². The van der Waals surface area contributed by atoms with Gasteiger partial charge in [0.2, 0.25) is 10.0 Å². The molecule has 7 nitrogen and oxygen atoms in total. The van der Waals surface area contributed by atoms with E-state index in [-0.39, 0.29) is 22.6 Å². The van der Waals surface area contributed by atoms with Crippen LogP contribution in [0, 0.1) is 6.92 Å². The van der Waals surface area contributed by atoms with E-state index in [4.69, 9.17) is 4.74 Å². The van der Waals surface area contributed by atoms with Crippen molar-refractivity contribution in [2.45, 2.75) is 44.4 Å². The summed E-state index contributed by atoms with van der Waals surface area (Å²) in [5, 5.41) is 2.71. The Labute approximate surface area is 183 Å². The molecule has 8 heteroatoms. The summed E-state index contributed by atoms with van der Waals surface area (Å²) < 4.78 is 33.0. The van der Waals surface area contributed by atoms with Crippen LogP contribution in [0.3, 0.4) is 0 Å². The van der Waals surface area contributed by atoms with E-state index in [1.165, 1.54) is 10.4 Å². The van der Waals surface area contributed by atoms with Crippen LogP contribution in [0.1, 0.15) is 58.9 Å². The summed E-state index contributed by atoms with van der Waals surface area (Å²) in [5.74, 6) is -1.03. The SMILES string of the molecule is CCOC(=O)c1ccccc1NC(=O)c1ccc(C)c(S(=O)(=O)N2CCCCCC2)c1. The van der Waals surface area contributed by atoms with Crippen LogP contribution in [0.4, 0.5) is 5.69 Å². The molecule has 31 heavy (non-hydrogen) atoms. The van der Waals surface area contributed by atoms with Crippen LogP contribution in [-0.4, -0.2) is 44.3 Å². The van der Waals surface area contributed by atoms with E-state index < -0.39 is 21.9 Å². The molecule has 1 amide bonds. The number of hydrogen-bond donors (Lipinski definition) is 1. The smallest absolute Gasteiger partial charge is 0.340 e. The fourth-order valence-electron chi connectivity index (χ4n) is 3.61. The van der Waals surface area contributed by atoms with Gasteiger partial charge in [-0.25, -0.2) is 13.2 Å². The van der Waals surface area contributed by atoms with Crippen molar-refractivity contribution in [3.63, 3.8) is 0 Å². The molecule has 166 valence electrons. The Bertz CT molecular complexity index is 1060. The maximum absolute atomic E-state index is 13.2. The molecule has 0 aromatic heterocycles. The lowest BCUT2D eigenvalue weighted by atomic mass is 10.1. The fraction of sp³-hybridized carbons (Fsp3) is 0.391. The minimum Gasteiger partial charge on any atom is -0.462 e. The molecule has 0 bridgehead atoms. The topological polar surface area (TPSA) is 92.8 Å². The highest BCUT2D eigenvalue weighted by molar-refractivity contribution is 7.89. The second kappa shape index (κ2) is 10.1.